The number of alkyl halides is 3. The highest BCUT2D eigenvalue weighted by Crippen LogP contribution is 2.21. The van der Waals surface area contributed by atoms with E-state index in [1.54, 1.807) is 6.92 Å². The van der Waals surface area contributed by atoms with Gasteiger partial charge in [-0.25, -0.2) is 14.8 Å². The van der Waals surface area contributed by atoms with Crippen molar-refractivity contribution in [2.75, 3.05) is 11.9 Å². The molecule has 0 aliphatic heterocycles. The number of aryl methyl sites for hydroxylation is 1. The Morgan fingerprint density at radius 1 is 1.44 bits per heavy atom. The van der Waals surface area contributed by atoms with Gasteiger partial charge in [-0.15, -0.1) is 0 Å². The number of hydrogen-bond donors (Lipinski definition) is 2. The summed E-state index contributed by atoms with van der Waals surface area (Å²) in [4.78, 5) is 18.2. The lowest BCUT2D eigenvalue weighted by atomic mass is 10.3. The van der Waals surface area contributed by atoms with E-state index in [1.807, 2.05) is 0 Å². The summed E-state index contributed by atoms with van der Waals surface area (Å²) >= 11 is 0. The maximum absolute atomic E-state index is 11.9. The number of anilines is 1. The SMILES string of the molecule is Cc1cc(C(=O)O)nc(NCCCC(F)(F)F)n1. The zero-order valence-corrected chi connectivity index (χ0v) is 9.58. The van der Waals surface area contributed by atoms with E-state index in [2.05, 4.69) is 15.3 Å². The molecule has 0 aliphatic carbocycles. The first-order valence-electron chi connectivity index (χ1n) is 5.17. The van der Waals surface area contributed by atoms with Gasteiger partial charge in [0.2, 0.25) is 5.95 Å². The first kappa shape index (κ1) is 14.2. The van der Waals surface area contributed by atoms with Crippen LogP contribution in [0.4, 0.5) is 19.1 Å². The molecule has 1 heterocycles. The van der Waals surface area contributed by atoms with Gasteiger partial charge < -0.3 is 10.4 Å². The summed E-state index contributed by atoms with van der Waals surface area (Å²) in [6, 6.07) is 1.28. The highest BCUT2D eigenvalue weighted by molar-refractivity contribution is 5.85. The Hall–Kier alpha value is -1.86. The van der Waals surface area contributed by atoms with Crippen molar-refractivity contribution in [3.05, 3.63) is 17.5 Å². The molecule has 0 fully saturated rings. The second-order valence-electron chi connectivity index (χ2n) is 3.67. The lowest BCUT2D eigenvalue weighted by Crippen LogP contribution is -2.13. The molecule has 0 saturated heterocycles. The predicted molar refractivity (Wildman–Crippen MR) is 57.5 cm³/mol. The third kappa shape index (κ3) is 4.98. The Bertz CT molecular complexity index is 435. The van der Waals surface area contributed by atoms with Crippen LogP contribution < -0.4 is 5.32 Å². The molecule has 2 N–H and O–H groups in total. The van der Waals surface area contributed by atoms with Crippen molar-refractivity contribution in [2.24, 2.45) is 0 Å². The van der Waals surface area contributed by atoms with Crippen molar-refractivity contribution in [1.82, 2.24) is 9.97 Å². The lowest BCUT2D eigenvalue weighted by molar-refractivity contribution is -0.134. The Labute approximate surface area is 101 Å². The number of halogens is 3. The predicted octanol–water partition coefficient (Wildman–Crippen LogP) is 2.24. The number of carboxylic acid groups (broad SMARTS) is 1. The van der Waals surface area contributed by atoms with E-state index >= 15 is 0 Å². The van der Waals surface area contributed by atoms with Gasteiger partial charge in [-0.2, -0.15) is 13.2 Å². The van der Waals surface area contributed by atoms with Crippen molar-refractivity contribution < 1.29 is 23.1 Å². The smallest absolute Gasteiger partial charge is 0.389 e. The number of nitrogens with zero attached hydrogens (tertiary/aromatic N) is 2. The zero-order valence-electron chi connectivity index (χ0n) is 9.58. The topological polar surface area (TPSA) is 75.1 Å². The van der Waals surface area contributed by atoms with E-state index in [4.69, 9.17) is 5.11 Å². The quantitative estimate of drug-likeness (QED) is 0.797. The van der Waals surface area contributed by atoms with Gasteiger partial charge in [-0.05, 0) is 19.4 Å². The van der Waals surface area contributed by atoms with Gasteiger partial charge in [0, 0.05) is 18.7 Å². The molecular weight excluding hydrogens is 251 g/mol. The van der Waals surface area contributed by atoms with E-state index in [0.717, 1.165) is 0 Å². The van der Waals surface area contributed by atoms with Crippen LogP contribution in [0, 0.1) is 6.92 Å². The molecule has 0 amide bonds. The van der Waals surface area contributed by atoms with Crippen LogP contribution in [0.15, 0.2) is 6.07 Å². The van der Waals surface area contributed by atoms with Crippen molar-refractivity contribution in [3.8, 4) is 0 Å². The standard InChI is InChI=1S/C10H12F3N3O2/c1-6-5-7(8(17)18)16-9(15-6)14-4-2-3-10(11,12)13/h5H,2-4H2,1H3,(H,17,18)(H,14,15,16). The monoisotopic (exact) mass is 263 g/mol. The van der Waals surface area contributed by atoms with Gasteiger partial charge in [-0.1, -0.05) is 0 Å². The summed E-state index contributed by atoms with van der Waals surface area (Å²) in [5, 5.41) is 11.3. The largest absolute Gasteiger partial charge is 0.477 e. The van der Waals surface area contributed by atoms with Crippen LogP contribution in [0.3, 0.4) is 0 Å². The normalized spacial score (nSPS) is 11.3. The fourth-order valence-corrected chi connectivity index (χ4v) is 1.25. The fraction of sp³-hybridized carbons (Fsp3) is 0.500. The van der Waals surface area contributed by atoms with Crippen LogP contribution >= 0.6 is 0 Å². The summed E-state index contributed by atoms with van der Waals surface area (Å²) in [6.07, 6.45) is -5.22. The first-order valence-corrected chi connectivity index (χ1v) is 5.17. The first-order chi connectivity index (χ1) is 8.28. The van der Waals surface area contributed by atoms with E-state index in [9.17, 15) is 18.0 Å². The maximum atomic E-state index is 11.9. The van der Waals surface area contributed by atoms with E-state index in [-0.39, 0.29) is 24.6 Å². The van der Waals surface area contributed by atoms with E-state index < -0.39 is 18.6 Å². The van der Waals surface area contributed by atoms with Gasteiger partial charge in [0.05, 0.1) is 0 Å². The minimum Gasteiger partial charge on any atom is -0.477 e. The van der Waals surface area contributed by atoms with Gasteiger partial charge in [0.15, 0.2) is 5.69 Å². The Balaban J connectivity index is 2.55. The second kappa shape index (κ2) is 5.65. The maximum Gasteiger partial charge on any atom is 0.389 e. The number of carbonyl (C=O) groups is 1. The molecule has 0 saturated carbocycles. The molecule has 5 nitrogen and oxygen atoms in total. The molecule has 1 aromatic heterocycles. The van der Waals surface area contributed by atoms with Crippen LogP contribution in [0.1, 0.15) is 29.0 Å². The minimum atomic E-state index is -4.19. The molecule has 1 rings (SSSR count). The average Bonchev–Trinajstić information content (AvgIpc) is 2.22. The Morgan fingerprint density at radius 2 is 2.11 bits per heavy atom. The van der Waals surface area contributed by atoms with Crippen LogP contribution in [-0.4, -0.2) is 33.8 Å². The summed E-state index contributed by atoms with van der Waals surface area (Å²) in [5.41, 5.74) is 0.238. The molecule has 0 atom stereocenters. The zero-order chi connectivity index (χ0) is 13.8. The third-order valence-corrected chi connectivity index (χ3v) is 1.99. The molecule has 0 radical (unpaired) electrons. The molecule has 0 spiro atoms. The molecule has 0 unspecified atom stereocenters. The minimum absolute atomic E-state index is 0.0228. The van der Waals surface area contributed by atoms with Crippen molar-refractivity contribution in [2.45, 2.75) is 25.9 Å². The number of rotatable bonds is 5. The fourth-order valence-electron chi connectivity index (χ4n) is 1.25. The Kier molecular flexibility index (Phi) is 4.46. The summed E-state index contributed by atoms with van der Waals surface area (Å²) in [7, 11) is 0. The second-order valence-corrected chi connectivity index (χ2v) is 3.67. The molecule has 0 bridgehead atoms. The highest BCUT2D eigenvalue weighted by atomic mass is 19.4. The number of hydrogen-bond acceptors (Lipinski definition) is 4. The Morgan fingerprint density at radius 3 is 2.67 bits per heavy atom. The van der Waals surface area contributed by atoms with Gasteiger partial charge >= 0.3 is 12.1 Å². The number of aromatic nitrogens is 2. The van der Waals surface area contributed by atoms with Gasteiger partial charge in [0.25, 0.3) is 0 Å². The molecule has 100 valence electrons. The number of aromatic carboxylic acids is 1. The highest BCUT2D eigenvalue weighted by Gasteiger charge is 2.25. The third-order valence-electron chi connectivity index (χ3n) is 1.99. The van der Waals surface area contributed by atoms with Crippen molar-refractivity contribution in [1.29, 1.82) is 0 Å². The number of nitrogens with one attached hydrogen (secondary N) is 1. The average molecular weight is 263 g/mol. The molecule has 0 aliphatic rings. The molecule has 1 aromatic rings. The summed E-state index contributed by atoms with van der Waals surface area (Å²) in [6.45, 7) is 1.61. The van der Waals surface area contributed by atoms with Crippen LogP contribution in [-0.2, 0) is 0 Å². The van der Waals surface area contributed by atoms with Crippen molar-refractivity contribution in [3.63, 3.8) is 0 Å². The molecule has 18 heavy (non-hydrogen) atoms. The van der Waals surface area contributed by atoms with E-state index in [0.29, 0.717) is 5.69 Å². The van der Waals surface area contributed by atoms with Gasteiger partial charge in [0.1, 0.15) is 0 Å². The van der Waals surface area contributed by atoms with Gasteiger partial charge in [-0.3, -0.25) is 0 Å². The molecule has 8 heteroatoms. The summed E-state index contributed by atoms with van der Waals surface area (Å²) < 4.78 is 35.6. The molecular formula is C10H12F3N3O2. The van der Waals surface area contributed by atoms with Crippen LogP contribution in [0.5, 0.6) is 0 Å². The van der Waals surface area contributed by atoms with Crippen molar-refractivity contribution >= 4 is 11.9 Å². The van der Waals surface area contributed by atoms with E-state index in [1.165, 1.54) is 6.07 Å². The summed E-state index contributed by atoms with van der Waals surface area (Å²) in [5.74, 6) is -1.19. The number of carboxylic acids is 1. The van der Waals surface area contributed by atoms with Crippen LogP contribution in [0.2, 0.25) is 0 Å². The lowest BCUT2D eigenvalue weighted by Gasteiger charge is -2.08. The van der Waals surface area contributed by atoms with Crippen LogP contribution in [0.25, 0.3) is 0 Å². The molecule has 0 aromatic carbocycles.